The van der Waals surface area contributed by atoms with Crippen molar-refractivity contribution in [3.63, 3.8) is 0 Å². The van der Waals surface area contributed by atoms with E-state index in [0.29, 0.717) is 43.9 Å². The molecule has 1 N–H and O–H groups in total. The van der Waals surface area contributed by atoms with Gasteiger partial charge in [-0.25, -0.2) is 8.42 Å². The van der Waals surface area contributed by atoms with Crippen LogP contribution in [-0.4, -0.2) is 44.4 Å². The van der Waals surface area contributed by atoms with Gasteiger partial charge in [0.2, 0.25) is 10.0 Å². The van der Waals surface area contributed by atoms with E-state index in [1.807, 2.05) is 32.0 Å². The number of aryl methyl sites for hydroxylation is 1. The Kier molecular flexibility index (Phi) is 6.36. The molecule has 7 heteroatoms. The van der Waals surface area contributed by atoms with E-state index in [1.54, 1.807) is 30.3 Å². The Bertz CT molecular complexity index is 918. The first-order valence-electron chi connectivity index (χ1n) is 9.51. The predicted octanol–water partition coefficient (Wildman–Crippen LogP) is 2.98. The molecule has 0 unspecified atom stereocenters. The first kappa shape index (κ1) is 20.4. The lowest BCUT2D eigenvalue weighted by molar-refractivity contribution is 0.0923. The molecule has 2 aromatic carbocycles. The highest BCUT2D eigenvalue weighted by Crippen LogP contribution is 2.23. The van der Waals surface area contributed by atoms with Crippen LogP contribution in [0.15, 0.2) is 53.4 Å². The second-order valence-corrected chi connectivity index (χ2v) is 8.81. The molecule has 3 rings (SSSR count). The van der Waals surface area contributed by atoms with Crippen LogP contribution in [0.25, 0.3) is 0 Å². The summed E-state index contributed by atoms with van der Waals surface area (Å²) < 4.78 is 32.5. The van der Waals surface area contributed by atoms with E-state index in [4.69, 9.17) is 4.74 Å². The van der Waals surface area contributed by atoms with Crippen LogP contribution < -0.4 is 10.1 Å². The molecule has 0 saturated carbocycles. The molecule has 1 aliphatic rings. The van der Waals surface area contributed by atoms with Gasteiger partial charge in [0, 0.05) is 24.7 Å². The third kappa shape index (κ3) is 4.54. The minimum Gasteiger partial charge on any atom is -0.494 e. The summed E-state index contributed by atoms with van der Waals surface area (Å²) in [4.78, 5) is 12.7. The van der Waals surface area contributed by atoms with Crippen LogP contribution in [0.1, 0.15) is 35.7 Å². The molecule has 0 radical (unpaired) electrons. The third-order valence-electron chi connectivity index (χ3n) is 4.95. The van der Waals surface area contributed by atoms with Crippen molar-refractivity contribution in [2.24, 2.45) is 0 Å². The number of nitrogens with one attached hydrogen (secondary N) is 1. The molecule has 0 atom stereocenters. The standard InChI is InChI=1S/C21H26N2O4S/c1-3-27-18-8-10-19(11-9-18)28(25,26)23-14-12-17(13-15-23)22-21(24)20-7-5-4-6-16(20)2/h4-11,17H,3,12-15H2,1-2H3,(H,22,24). The number of piperidine rings is 1. The summed E-state index contributed by atoms with van der Waals surface area (Å²) in [6.07, 6.45) is 1.18. The highest BCUT2D eigenvalue weighted by molar-refractivity contribution is 7.89. The Morgan fingerprint density at radius 1 is 1.11 bits per heavy atom. The van der Waals surface area contributed by atoms with Crippen molar-refractivity contribution in [3.8, 4) is 5.75 Å². The Hall–Kier alpha value is -2.38. The molecular weight excluding hydrogens is 376 g/mol. The smallest absolute Gasteiger partial charge is 0.251 e. The van der Waals surface area contributed by atoms with Gasteiger partial charge in [-0.3, -0.25) is 4.79 Å². The van der Waals surface area contributed by atoms with Crippen molar-refractivity contribution >= 4 is 15.9 Å². The monoisotopic (exact) mass is 402 g/mol. The fourth-order valence-electron chi connectivity index (χ4n) is 3.35. The number of benzene rings is 2. The highest BCUT2D eigenvalue weighted by Gasteiger charge is 2.30. The molecule has 1 saturated heterocycles. The van der Waals surface area contributed by atoms with Gasteiger partial charge in [0.15, 0.2) is 0 Å². The second-order valence-electron chi connectivity index (χ2n) is 6.87. The number of rotatable bonds is 6. The van der Waals surface area contributed by atoms with Gasteiger partial charge in [-0.2, -0.15) is 4.31 Å². The average Bonchev–Trinajstić information content (AvgIpc) is 2.69. The maximum absolute atomic E-state index is 12.8. The number of hydrogen-bond acceptors (Lipinski definition) is 4. The molecule has 0 aliphatic carbocycles. The van der Waals surface area contributed by atoms with Gasteiger partial charge in [-0.1, -0.05) is 18.2 Å². The number of amides is 1. The van der Waals surface area contributed by atoms with Gasteiger partial charge in [0.05, 0.1) is 11.5 Å². The van der Waals surface area contributed by atoms with Gasteiger partial charge < -0.3 is 10.1 Å². The number of ether oxygens (including phenoxy) is 1. The molecule has 0 bridgehead atoms. The molecule has 2 aromatic rings. The average molecular weight is 403 g/mol. The second kappa shape index (κ2) is 8.75. The summed E-state index contributed by atoms with van der Waals surface area (Å²) in [5.74, 6) is 0.546. The summed E-state index contributed by atoms with van der Waals surface area (Å²) in [5.41, 5.74) is 1.59. The lowest BCUT2D eigenvalue weighted by Crippen LogP contribution is -2.46. The highest BCUT2D eigenvalue weighted by atomic mass is 32.2. The van der Waals surface area contributed by atoms with Crippen molar-refractivity contribution in [2.45, 2.75) is 37.6 Å². The fourth-order valence-corrected chi connectivity index (χ4v) is 4.82. The summed E-state index contributed by atoms with van der Waals surface area (Å²) in [5, 5.41) is 3.03. The van der Waals surface area contributed by atoms with Crippen LogP contribution in [0.3, 0.4) is 0 Å². The molecule has 1 aliphatic heterocycles. The summed E-state index contributed by atoms with van der Waals surface area (Å²) in [6, 6.07) is 13.9. The number of sulfonamides is 1. The van der Waals surface area contributed by atoms with Crippen LogP contribution in [0.4, 0.5) is 0 Å². The van der Waals surface area contributed by atoms with E-state index >= 15 is 0 Å². The summed E-state index contributed by atoms with van der Waals surface area (Å²) in [6.45, 7) is 5.09. The minimum atomic E-state index is -3.54. The molecule has 28 heavy (non-hydrogen) atoms. The molecule has 0 spiro atoms. The van der Waals surface area contributed by atoms with Crippen molar-refractivity contribution in [3.05, 3.63) is 59.7 Å². The topological polar surface area (TPSA) is 75.7 Å². The first-order valence-corrected chi connectivity index (χ1v) is 11.0. The number of carbonyl (C=O) groups excluding carboxylic acids is 1. The normalized spacial score (nSPS) is 15.9. The molecule has 6 nitrogen and oxygen atoms in total. The summed E-state index contributed by atoms with van der Waals surface area (Å²) in [7, 11) is -3.54. The van der Waals surface area contributed by atoms with Gasteiger partial charge in [0.1, 0.15) is 5.75 Å². The zero-order chi connectivity index (χ0) is 20.1. The van der Waals surface area contributed by atoms with Gasteiger partial charge in [-0.05, 0) is 62.6 Å². The molecule has 1 heterocycles. The minimum absolute atomic E-state index is 0.0288. The third-order valence-corrected chi connectivity index (χ3v) is 6.86. The van der Waals surface area contributed by atoms with Crippen molar-refractivity contribution in [1.82, 2.24) is 9.62 Å². The SMILES string of the molecule is CCOc1ccc(S(=O)(=O)N2CCC(NC(=O)c3ccccc3C)CC2)cc1. The number of nitrogens with zero attached hydrogens (tertiary/aromatic N) is 1. The van der Waals surface area contributed by atoms with Gasteiger partial charge in [-0.15, -0.1) is 0 Å². The Morgan fingerprint density at radius 2 is 1.75 bits per heavy atom. The van der Waals surface area contributed by atoms with Crippen LogP contribution >= 0.6 is 0 Å². The van der Waals surface area contributed by atoms with Crippen molar-refractivity contribution in [1.29, 1.82) is 0 Å². The molecular formula is C21H26N2O4S. The molecule has 1 amide bonds. The lowest BCUT2D eigenvalue weighted by atomic mass is 10.0. The van der Waals surface area contributed by atoms with E-state index in [0.717, 1.165) is 5.56 Å². The van der Waals surface area contributed by atoms with E-state index < -0.39 is 10.0 Å². The Balaban J connectivity index is 1.60. The van der Waals surface area contributed by atoms with Crippen molar-refractivity contribution < 1.29 is 17.9 Å². The van der Waals surface area contributed by atoms with Crippen LogP contribution in [0.2, 0.25) is 0 Å². The quantitative estimate of drug-likeness (QED) is 0.806. The van der Waals surface area contributed by atoms with Gasteiger partial charge in [0.25, 0.3) is 5.91 Å². The number of carbonyl (C=O) groups is 1. The Labute approximate surface area is 166 Å². The van der Waals surface area contributed by atoms with E-state index in [2.05, 4.69) is 5.32 Å². The molecule has 150 valence electrons. The van der Waals surface area contributed by atoms with Crippen molar-refractivity contribution in [2.75, 3.05) is 19.7 Å². The van der Waals surface area contributed by atoms with E-state index in [1.165, 1.54) is 4.31 Å². The fraction of sp³-hybridized carbons (Fsp3) is 0.381. The Morgan fingerprint density at radius 3 is 2.36 bits per heavy atom. The van der Waals surface area contributed by atoms with E-state index in [9.17, 15) is 13.2 Å². The molecule has 1 fully saturated rings. The largest absolute Gasteiger partial charge is 0.494 e. The maximum Gasteiger partial charge on any atom is 0.251 e. The van der Waals surface area contributed by atoms with E-state index in [-0.39, 0.29) is 16.8 Å². The maximum atomic E-state index is 12.8. The van der Waals surface area contributed by atoms with Crippen LogP contribution in [-0.2, 0) is 10.0 Å². The zero-order valence-electron chi connectivity index (χ0n) is 16.2. The van der Waals surface area contributed by atoms with Gasteiger partial charge >= 0.3 is 0 Å². The number of hydrogen-bond donors (Lipinski definition) is 1. The molecule has 0 aromatic heterocycles. The lowest BCUT2D eigenvalue weighted by Gasteiger charge is -2.31. The van der Waals surface area contributed by atoms with Crippen LogP contribution in [0.5, 0.6) is 5.75 Å². The van der Waals surface area contributed by atoms with Crippen LogP contribution in [0, 0.1) is 6.92 Å². The predicted molar refractivity (Wildman–Crippen MR) is 108 cm³/mol. The summed E-state index contributed by atoms with van der Waals surface area (Å²) >= 11 is 0. The first-order chi connectivity index (χ1) is 13.4. The zero-order valence-corrected chi connectivity index (χ0v) is 17.0.